The molecule has 1 rings (SSSR count). The maximum Gasteiger partial charge on any atom is 0.404 e. The molecule has 0 aromatic carbocycles. The van der Waals surface area contributed by atoms with E-state index in [-0.39, 0.29) is 12.3 Å². The van der Waals surface area contributed by atoms with Crippen LogP contribution in [0.15, 0.2) is 0 Å². The fourth-order valence-corrected chi connectivity index (χ4v) is 2.37. The SMILES string of the molecule is COC(=O)[C@@H](CC1CCCC1)[C@H](N)C(F)(F)F. The minimum absolute atomic E-state index is 0.160. The van der Waals surface area contributed by atoms with E-state index in [1.807, 2.05) is 0 Å². The fraction of sp³-hybridized carbons (Fsp3) is 0.909. The molecule has 0 aromatic heterocycles. The summed E-state index contributed by atoms with van der Waals surface area (Å²) in [5, 5.41) is 0. The lowest BCUT2D eigenvalue weighted by Gasteiger charge is -2.25. The number of esters is 1. The van der Waals surface area contributed by atoms with Gasteiger partial charge in [-0.3, -0.25) is 4.79 Å². The summed E-state index contributed by atoms with van der Waals surface area (Å²) in [4.78, 5) is 11.4. The Morgan fingerprint density at radius 3 is 2.35 bits per heavy atom. The van der Waals surface area contributed by atoms with E-state index >= 15 is 0 Å². The minimum atomic E-state index is -4.56. The predicted molar refractivity (Wildman–Crippen MR) is 56.1 cm³/mol. The van der Waals surface area contributed by atoms with Crippen LogP contribution < -0.4 is 5.73 Å². The van der Waals surface area contributed by atoms with E-state index < -0.39 is 24.1 Å². The molecule has 3 nitrogen and oxygen atoms in total. The van der Waals surface area contributed by atoms with Gasteiger partial charge in [0.2, 0.25) is 0 Å². The molecule has 0 saturated heterocycles. The lowest BCUT2D eigenvalue weighted by Crippen LogP contribution is -2.47. The first-order valence-corrected chi connectivity index (χ1v) is 5.76. The van der Waals surface area contributed by atoms with Gasteiger partial charge in [-0.1, -0.05) is 25.7 Å². The normalized spacial score (nSPS) is 21.2. The molecule has 17 heavy (non-hydrogen) atoms. The average molecular weight is 253 g/mol. The molecule has 0 heterocycles. The molecule has 0 spiro atoms. The third-order valence-corrected chi connectivity index (χ3v) is 3.38. The van der Waals surface area contributed by atoms with Gasteiger partial charge < -0.3 is 10.5 Å². The molecule has 100 valence electrons. The molecule has 2 atom stereocenters. The fourth-order valence-electron chi connectivity index (χ4n) is 2.37. The molecule has 6 heteroatoms. The van der Waals surface area contributed by atoms with Crippen molar-refractivity contribution in [2.75, 3.05) is 7.11 Å². The summed E-state index contributed by atoms with van der Waals surface area (Å²) < 4.78 is 42.0. The molecule has 0 aliphatic heterocycles. The largest absolute Gasteiger partial charge is 0.469 e. The van der Waals surface area contributed by atoms with Gasteiger partial charge in [0.05, 0.1) is 13.0 Å². The Hall–Kier alpha value is -0.780. The van der Waals surface area contributed by atoms with Crippen LogP contribution in [-0.2, 0) is 9.53 Å². The number of hydrogen-bond donors (Lipinski definition) is 1. The standard InChI is InChI=1S/C11H18F3NO2/c1-17-10(16)8(9(15)11(12,13)14)6-7-4-2-3-5-7/h7-9H,2-6,15H2,1H3/t8-,9-/m0/s1. The lowest BCUT2D eigenvalue weighted by atomic mass is 9.88. The Morgan fingerprint density at radius 1 is 1.41 bits per heavy atom. The zero-order chi connectivity index (χ0) is 13.1. The number of carbonyl (C=O) groups excluding carboxylic acids is 1. The molecular weight excluding hydrogens is 235 g/mol. The first kappa shape index (κ1) is 14.3. The number of alkyl halides is 3. The van der Waals surface area contributed by atoms with E-state index in [1.165, 1.54) is 0 Å². The smallest absolute Gasteiger partial charge is 0.404 e. The van der Waals surface area contributed by atoms with Crippen molar-refractivity contribution in [3.63, 3.8) is 0 Å². The van der Waals surface area contributed by atoms with Crippen LogP contribution >= 0.6 is 0 Å². The second-order valence-corrected chi connectivity index (χ2v) is 4.58. The Morgan fingerprint density at radius 2 is 1.94 bits per heavy atom. The van der Waals surface area contributed by atoms with E-state index in [0.29, 0.717) is 0 Å². The Balaban J connectivity index is 2.69. The number of halogens is 3. The monoisotopic (exact) mass is 253 g/mol. The highest BCUT2D eigenvalue weighted by molar-refractivity contribution is 5.73. The molecule has 0 unspecified atom stereocenters. The summed E-state index contributed by atoms with van der Waals surface area (Å²) in [7, 11) is 1.09. The van der Waals surface area contributed by atoms with Gasteiger partial charge in [-0.05, 0) is 12.3 Å². The second-order valence-electron chi connectivity index (χ2n) is 4.58. The van der Waals surface area contributed by atoms with Crippen LogP contribution in [-0.4, -0.2) is 25.3 Å². The molecule has 0 aromatic rings. The first-order valence-electron chi connectivity index (χ1n) is 5.76. The van der Waals surface area contributed by atoms with Crippen molar-refractivity contribution in [3.05, 3.63) is 0 Å². The Kier molecular flexibility index (Phi) is 4.80. The molecule has 1 saturated carbocycles. The van der Waals surface area contributed by atoms with Crippen molar-refractivity contribution in [3.8, 4) is 0 Å². The van der Waals surface area contributed by atoms with Crippen LogP contribution in [0.4, 0.5) is 13.2 Å². The third-order valence-electron chi connectivity index (χ3n) is 3.38. The molecule has 0 radical (unpaired) electrons. The van der Waals surface area contributed by atoms with E-state index in [2.05, 4.69) is 4.74 Å². The first-order chi connectivity index (χ1) is 7.86. The minimum Gasteiger partial charge on any atom is -0.469 e. The second kappa shape index (κ2) is 5.71. The zero-order valence-electron chi connectivity index (χ0n) is 9.80. The number of nitrogens with two attached hydrogens (primary N) is 1. The molecule has 0 amide bonds. The van der Waals surface area contributed by atoms with Crippen molar-refractivity contribution >= 4 is 5.97 Å². The number of carbonyl (C=O) groups is 1. The average Bonchev–Trinajstić information content (AvgIpc) is 2.75. The molecule has 1 aliphatic carbocycles. The van der Waals surface area contributed by atoms with Crippen LogP contribution in [0, 0.1) is 11.8 Å². The van der Waals surface area contributed by atoms with Crippen molar-refractivity contribution < 1.29 is 22.7 Å². The summed E-state index contributed by atoms with van der Waals surface area (Å²) in [6.45, 7) is 0. The van der Waals surface area contributed by atoms with Gasteiger partial charge in [-0.25, -0.2) is 0 Å². The number of methoxy groups -OCH3 is 1. The molecule has 1 fully saturated rings. The maximum atomic E-state index is 12.5. The van der Waals surface area contributed by atoms with Gasteiger partial charge in [-0.15, -0.1) is 0 Å². The third kappa shape index (κ3) is 3.87. The van der Waals surface area contributed by atoms with Gasteiger partial charge in [0.15, 0.2) is 0 Å². The topological polar surface area (TPSA) is 52.3 Å². The van der Waals surface area contributed by atoms with E-state index in [9.17, 15) is 18.0 Å². The van der Waals surface area contributed by atoms with Crippen LogP contribution in [0.1, 0.15) is 32.1 Å². The molecule has 1 aliphatic rings. The van der Waals surface area contributed by atoms with Crippen molar-refractivity contribution in [1.82, 2.24) is 0 Å². The summed E-state index contributed by atoms with van der Waals surface area (Å²) in [5.74, 6) is -1.97. The van der Waals surface area contributed by atoms with E-state index in [1.54, 1.807) is 0 Å². The molecule has 0 bridgehead atoms. The van der Waals surface area contributed by atoms with Gasteiger partial charge in [-0.2, -0.15) is 13.2 Å². The van der Waals surface area contributed by atoms with Crippen LogP contribution in [0.2, 0.25) is 0 Å². The van der Waals surface area contributed by atoms with Crippen LogP contribution in [0.3, 0.4) is 0 Å². The highest BCUT2D eigenvalue weighted by Gasteiger charge is 2.46. The van der Waals surface area contributed by atoms with Crippen LogP contribution in [0.5, 0.6) is 0 Å². The van der Waals surface area contributed by atoms with E-state index in [0.717, 1.165) is 32.8 Å². The summed E-state index contributed by atoms with van der Waals surface area (Å²) in [6, 6.07) is -2.13. The Bertz CT molecular complexity index is 262. The number of rotatable bonds is 4. The summed E-state index contributed by atoms with van der Waals surface area (Å²) in [5.41, 5.74) is 5.12. The zero-order valence-corrected chi connectivity index (χ0v) is 9.80. The Labute approximate surface area is 98.5 Å². The quantitative estimate of drug-likeness (QED) is 0.782. The highest BCUT2D eigenvalue weighted by Crippen LogP contribution is 2.34. The van der Waals surface area contributed by atoms with Gasteiger partial charge in [0, 0.05) is 0 Å². The summed E-state index contributed by atoms with van der Waals surface area (Å²) >= 11 is 0. The van der Waals surface area contributed by atoms with Crippen LogP contribution in [0.25, 0.3) is 0 Å². The van der Waals surface area contributed by atoms with Crippen molar-refractivity contribution in [1.29, 1.82) is 0 Å². The molecular formula is C11H18F3NO2. The van der Waals surface area contributed by atoms with E-state index in [4.69, 9.17) is 5.73 Å². The van der Waals surface area contributed by atoms with Gasteiger partial charge in [0.25, 0.3) is 0 Å². The number of hydrogen-bond acceptors (Lipinski definition) is 3. The van der Waals surface area contributed by atoms with Crippen molar-refractivity contribution in [2.45, 2.75) is 44.3 Å². The maximum absolute atomic E-state index is 12.5. The highest BCUT2D eigenvalue weighted by atomic mass is 19.4. The van der Waals surface area contributed by atoms with Gasteiger partial charge >= 0.3 is 12.1 Å². The molecule has 2 N–H and O–H groups in total. The van der Waals surface area contributed by atoms with Crippen molar-refractivity contribution in [2.24, 2.45) is 17.6 Å². The predicted octanol–water partition coefficient (Wildman–Crippen LogP) is 2.25. The van der Waals surface area contributed by atoms with Gasteiger partial charge in [0.1, 0.15) is 6.04 Å². The summed E-state index contributed by atoms with van der Waals surface area (Å²) in [6.07, 6.45) is -0.611. The lowest BCUT2D eigenvalue weighted by molar-refractivity contribution is -0.176. The number of ether oxygens (including phenoxy) is 1.